The highest BCUT2D eigenvalue weighted by Crippen LogP contribution is 2.23. The van der Waals surface area contributed by atoms with Gasteiger partial charge in [0.25, 0.3) is 0 Å². The van der Waals surface area contributed by atoms with Crippen LogP contribution in [0.25, 0.3) is 0 Å². The summed E-state index contributed by atoms with van der Waals surface area (Å²) in [4.78, 5) is 0. The van der Waals surface area contributed by atoms with E-state index >= 15 is 0 Å². The maximum atomic E-state index is 3.56. The second kappa shape index (κ2) is 7.18. The maximum Gasteiger partial charge on any atom is 0.0484 e. The molecule has 0 heterocycles. The van der Waals surface area contributed by atoms with E-state index in [1.165, 1.54) is 29.2 Å². The molecular weight excluding hydrogens is 270 g/mol. The van der Waals surface area contributed by atoms with Gasteiger partial charge in [0, 0.05) is 16.7 Å². The smallest absolute Gasteiger partial charge is 0.0484 e. The molecule has 0 unspecified atom stereocenters. The lowest BCUT2D eigenvalue weighted by atomic mass is 10.2. The molecule has 0 saturated heterocycles. The van der Waals surface area contributed by atoms with Crippen LogP contribution in [-0.2, 0) is 0 Å². The van der Waals surface area contributed by atoms with Crippen molar-refractivity contribution in [2.45, 2.75) is 20.3 Å². The number of benzene rings is 1. The van der Waals surface area contributed by atoms with E-state index in [-0.39, 0.29) is 0 Å². The van der Waals surface area contributed by atoms with E-state index < -0.39 is 0 Å². The average molecular weight is 288 g/mol. The van der Waals surface area contributed by atoms with Crippen molar-refractivity contribution in [2.24, 2.45) is 0 Å². The number of rotatable bonds is 6. The van der Waals surface area contributed by atoms with Crippen LogP contribution in [0, 0.1) is 6.92 Å². The maximum absolute atomic E-state index is 3.56. The summed E-state index contributed by atoms with van der Waals surface area (Å²) >= 11 is 5.56. The van der Waals surface area contributed by atoms with Crippen LogP contribution in [0.5, 0.6) is 0 Å². The third-order valence-electron chi connectivity index (χ3n) is 2.11. The predicted octanol–water partition coefficient (Wildman–Crippen LogP) is 4.31. The number of halogens is 1. The zero-order valence-electron chi connectivity index (χ0n) is 9.35. The second-order valence-electron chi connectivity index (χ2n) is 3.46. The first kappa shape index (κ1) is 12.9. The largest absolute Gasteiger partial charge is 0.384 e. The van der Waals surface area contributed by atoms with E-state index in [1.54, 1.807) is 0 Å². The molecular formula is C12H18BrNS. The molecule has 0 radical (unpaired) electrons. The van der Waals surface area contributed by atoms with Gasteiger partial charge in [0.2, 0.25) is 0 Å². The minimum atomic E-state index is 1.05. The SMILES string of the molecule is CCSCCCNc1ccc(C)cc1Br. The average Bonchev–Trinajstić information content (AvgIpc) is 2.20. The molecule has 1 nitrogen and oxygen atoms in total. The van der Waals surface area contributed by atoms with Gasteiger partial charge < -0.3 is 5.32 Å². The Balaban J connectivity index is 2.31. The molecule has 0 bridgehead atoms. The van der Waals surface area contributed by atoms with Crippen LogP contribution in [-0.4, -0.2) is 18.1 Å². The van der Waals surface area contributed by atoms with Crippen LogP contribution < -0.4 is 5.32 Å². The molecule has 1 aromatic carbocycles. The Kier molecular flexibility index (Phi) is 6.18. The summed E-state index contributed by atoms with van der Waals surface area (Å²) in [6.45, 7) is 5.36. The van der Waals surface area contributed by atoms with Gasteiger partial charge in [-0.2, -0.15) is 11.8 Å². The van der Waals surface area contributed by atoms with Gasteiger partial charge in [0.1, 0.15) is 0 Å². The first-order chi connectivity index (χ1) is 7.24. The molecule has 0 aromatic heterocycles. The van der Waals surface area contributed by atoms with Gasteiger partial charge in [-0.15, -0.1) is 0 Å². The van der Waals surface area contributed by atoms with E-state index in [9.17, 15) is 0 Å². The Labute approximate surface area is 105 Å². The molecule has 0 atom stereocenters. The lowest BCUT2D eigenvalue weighted by Crippen LogP contribution is -2.03. The summed E-state index contributed by atoms with van der Waals surface area (Å²) in [5.74, 6) is 2.46. The first-order valence-electron chi connectivity index (χ1n) is 5.32. The van der Waals surface area contributed by atoms with Crippen molar-refractivity contribution in [2.75, 3.05) is 23.4 Å². The number of hydrogen-bond donors (Lipinski definition) is 1. The molecule has 1 aromatic rings. The van der Waals surface area contributed by atoms with Gasteiger partial charge >= 0.3 is 0 Å². The normalized spacial score (nSPS) is 10.3. The van der Waals surface area contributed by atoms with Crippen molar-refractivity contribution in [1.82, 2.24) is 0 Å². The highest BCUT2D eigenvalue weighted by molar-refractivity contribution is 9.10. The Morgan fingerprint density at radius 1 is 1.40 bits per heavy atom. The number of aryl methyl sites for hydroxylation is 1. The molecule has 0 saturated carbocycles. The molecule has 0 aliphatic carbocycles. The third kappa shape index (κ3) is 4.94. The van der Waals surface area contributed by atoms with Crippen molar-refractivity contribution in [1.29, 1.82) is 0 Å². The zero-order chi connectivity index (χ0) is 11.1. The molecule has 15 heavy (non-hydrogen) atoms. The van der Waals surface area contributed by atoms with Gasteiger partial charge in [-0.05, 0) is 58.5 Å². The minimum Gasteiger partial charge on any atom is -0.384 e. The fourth-order valence-corrected chi connectivity index (χ4v) is 2.58. The van der Waals surface area contributed by atoms with Gasteiger partial charge in [0.05, 0.1) is 0 Å². The van der Waals surface area contributed by atoms with Gasteiger partial charge in [0.15, 0.2) is 0 Å². The van der Waals surface area contributed by atoms with Crippen molar-refractivity contribution in [3.05, 3.63) is 28.2 Å². The number of anilines is 1. The number of hydrogen-bond acceptors (Lipinski definition) is 2. The van der Waals surface area contributed by atoms with E-state index in [4.69, 9.17) is 0 Å². The summed E-state index contributed by atoms with van der Waals surface area (Å²) < 4.78 is 1.16. The van der Waals surface area contributed by atoms with Crippen LogP contribution in [0.15, 0.2) is 22.7 Å². The quantitative estimate of drug-likeness (QED) is 0.783. The second-order valence-corrected chi connectivity index (χ2v) is 5.71. The minimum absolute atomic E-state index is 1.05. The number of nitrogens with one attached hydrogen (secondary N) is 1. The lowest BCUT2D eigenvalue weighted by Gasteiger charge is -2.08. The molecule has 0 aliphatic heterocycles. The summed E-state index contributed by atoms with van der Waals surface area (Å²) in [7, 11) is 0. The van der Waals surface area contributed by atoms with Crippen molar-refractivity contribution in [3.8, 4) is 0 Å². The van der Waals surface area contributed by atoms with Crippen molar-refractivity contribution < 1.29 is 0 Å². The summed E-state index contributed by atoms with van der Waals surface area (Å²) in [6, 6.07) is 6.41. The van der Waals surface area contributed by atoms with Crippen LogP contribution in [0.2, 0.25) is 0 Å². The van der Waals surface area contributed by atoms with Crippen LogP contribution in [0.1, 0.15) is 18.9 Å². The van der Waals surface area contributed by atoms with Crippen LogP contribution in [0.3, 0.4) is 0 Å². The molecule has 1 N–H and O–H groups in total. The molecule has 84 valence electrons. The van der Waals surface area contributed by atoms with Crippen LogP contribution in [0.4, 0.5) is 5.69 Å². The Hall–Kier alpha value is -0.150. The van der Waals surface area contributed by atoms with Gasteiger partial charge in [-0.3, -0.25) is 0 Å². The number of thioether (sulfide) groups is 1. The Morgan fingerprint density at radius 2 is 2.20 bits per heavy atom. The predicted molar refractivity (Wildman–Crippen MR) is 75.0 cm³/mol. The standard InChI is InChI=1S/C12H18BrNS/c1-3-15-8-4-7-14-12-6-5-10(2)9-11(12)13/h5-6,9,14H,3-4,7-8H2,1-2H3. The fourth-order valence-electron chi connectivity index (χ4n) is 1.31. The van der Waals surface area contributed by atoms with E-state index in [0.717, 1.165) is 11.0 Å². The highest BCUT2D eigenvalue weighted by atomic mass is 79.9. The molecule has 0 aliphatic rings. The Bertz CT molecular complexity index is 302. The van der Waals surface area contributed by atoms with Crippen molar-refractivity contribution in [3.63, 3.8) is 0 Å². The van der Waals surface area contributed by atoms with E-state index in [2.05, 4.69) is 53.3 Å². The molecule has 0 spiro atoms. The highest BCUT2D eigenvalue weighted by Gasteiger charge is 1.98. The van der Waals surface area contributed by atoms with Gasteiger partial charge in [-0.25, -0.2) is 0 Å². The van der Waals surface area contributed by atoms with Gasteiger partial charge in [-0.1, -0.05) is 13.0 Å². The topological polar surface area (TPSA) is 12.0 Å². The molecule has 1 rings (SSSR count). The molecule has 3 heteroatoms. The van der Waals surface area contributed by atoms with Crippen LogP contribution >= 0.6 is 27.7 Å². The summed E-state index contributed by atoms with van der Waals surface area (Å²) in [5.41, 5.74) is 2.48. The monoisotopic (exact) mass is 287 g/mol. The van der Waals surface area contributed by atoms with Crippen molar-refractivity contribution >= 4 is 33.4 Å². The first-order valence-corrected chi connectivity index (χ1v) is 7.26. The fraction of sp³-hybridized carbons (Fsp3) is 0.500. The third-order valence-corrected chi connectivity index (χ3v) is 3.75. The van der Waals surface area contributed by atoms with E-state index in [0.29, 0.717) is 0 Å². The summed E-state index contributed by atoms with van der Waals surface area (Å²) in [5, 5.41) is 3.44. The van der Waals surface area contributed by atoms with E-state index in [1.807, 2.05) is 11.8 Å². The Morgan fingerprint density at radius 3 is 2.87 bits per heavy atom. The summed E-state index contributed by atoms with van der Waals surface area (Å²) in [6.07, 6.45) is 1.22. The lowest BCUT2D eigenvalue weighted by molar-refractivity contribution is 0.990. The molecule has 0 amide bonds. The molecule has 0 fully saturated rings. The zero-order valence-corrected chi connectivity index (χ0v) is 11.7.